The first-order valence-corrected chi connectivity index (χ1v) is 20.6. The van der Waals surface area contributed by atoms with E-state index in [4.69, 9.17) is 20.3 Å². The summed E-state index contributed by atoms with van der Waals surface area (Å²) >= 11 is 0. The zero-order valence-electron chi connectivity index (χ0n) is 36.0. The Kier molecular flexibility index (Phi) is 16.7. The van der Waals surface area contributed by atoms with Gasteiger partial charge in [0.25, 0.3) is 0 Å². The van der Waals surface area contributed by atoms with Crippen LogP contribution in [0.5, 0.6) is 0 Å². The normalized spacial score (nSPS) is 17.8. The number of aliphatic hydroxyl groups excluding tert-OH is 1. The fraction of sp³-hybridized carbons (Fsp3) is 0.429. The second-order valence-electron chi connectivity index (χ2n) is 16.3. The molecule has 2 aliphatic rings. The Hall–Kier alpha value is -4.76. The fourth-order valence-electron chi connectivity index (χ4n) is 8.09. The van der Waals surface area contributed by atoms with Gasteiger partial charge in [-0.15, -0.1) is 33.5 Å². The molecule has 2 aliphatic heterocycles. The first-order chi connectivity index (χ1) is 27.6. The average Bonchev–Trinajstić information content (AvgIpc) is 3.82. The zero-order valence-corrected chi connectivity index (χ0v) is 37.1. The van der Waals surface area contributed by atoms with Gasteiger partial charge in [-0.2, -0.15) is 5.69 Å². The number of nitrogens with zero attached hydrogens (tertiary/aromatic N) is 4. The van der Waals surface area contributed by atoms with Crippen molar-refractivity contribution in [3.05, 3.63) is 131 Å². The molecule has 0 aromatic carbocycles. The minimum Gasteiger partial charge on any atom is -0.678 e. The third-order valence-electron chi connectivity index (χ3n) is 11.6. The SMILES string of the molecule is C=Cc1c2[n-]c(c1C)/C=c1\[n-]/c(c(C)c1[C@@H](O)CC/C=C(\C)CC/C=C(\C)CCC=C(C)C)=C\c1[n-]c(c(CCC(=O)O)c1C)/C=C1\[N-]C(C2)C(C)=C1CCC(=O)O.[Fe+4]. The Morgan fingerprint density at radius 2 is 1.37 bits per heavy atom. The van der Waals surface area contributed by atoms with Gasteiger partial charge in [-0.25, -0.2) is 0 Å². The number of hydrogen-bond acceptors (Lipinski definition) is 3. The third kappa shape index (κ3) is 11.7. The van der Waals surface area contributed by atoms with E-state index in [0.717, 1.165) is 88.0 Å². The van der Waals surface area contributed by atoms with Crippen LogP contribution in [0.15, 0.2) is 58.4 Å². The van der Waals surface area contributed by atoms with Gasteiger partial charge >= 0.3 is 29.0 Å². The van der Waals surface area contributed by atoms with Gasteiger partial charge in [-0.3, -0.25) is 9.59 Å². The van der Waals surface area contributed by atoms with Gasteiger partial charge in [0.2, 0.25) is 0 Å². The number of aliphatic carboxylic acids is 2. The van der Waals surface area contributed by atoms with Gasteiger partial charge in [-0.05, 0) is 118 Å². The van der Waals surface area contributed by atoms with Gasteiger partial charge in [0.05, 0.1) is 6.10 Å². The summed E-state index contributed by atoms with van der Waals surface area (Å²) in [6, 6.07) is -0.277. The van der Waals surface area contributed by atoms with Crippen molar-refractivity contribution in [1.82, 2.24) is 15.0 Å². The quantitative estimate of drug-likeness (QED) is 0.0901. The molecule has 0 spiro atoms. The average molecular weight is 841 g/mol. The smallest absolute Gasteiger partial charge is 0.678 e. The summed E-state index contributed by atoms with van der Waals surface area (Å²) < 4.78 is 0. The van der Waals surface area contributed by atoms with Crippen LogP contribution in [0.25, 0.3) is 29.6 Å². The molecule has 0 radical (unpaired) electrons. The van der Waals surface area contributed by atoms with Crippen LogP contribution in [0.4, 0.5) is 0 Å². The van der Waals surface area contributed by atoms with E-state index in [-0.39, 0.29) is 42.4 Å². The first kappa shape index (κ1) is 46.9. The van der Waals surface area contributed by atoms with Crippen molar-refractivity contribution in [3.63, 3.8) is 0 Å². The summed E-state index contributed by atoms with van der Waals surface area (Å²) in [6.07, 6.45) is 20.0. The molecule has 0 amide bonds. The molecule has 0 saturated carbocycles. The number of aromatic nitrogens is 3. The molecule has 59 heavy (non-hydrogen) atoms. The molecule has 3 aromatic rings. The molecular weight excluding hydrogens is 780 g/mol. The molecular formula is C49H60FeN4O5. The zero-order chi connectivity index (χ0) is 42.3. The maximum Gasteiger partial charge on any atom is 4.00 e. The third-order valence-corrected chi connectivity index (χ3v) is 11.6. The summed E-state index contributed by atoms with van der Waals surface area (Å²) in [6.45, 7) is 20.7. The van der Waals surface area contributed by atoms with Crippen LogP contribution in [-0.2, 0) is 39.5 Å². The van der Waals surface area contributed by atoms with Crippen LogP contribution in [-0.4, -0.2) is 33.3 Å². The van der Waals surface area contributed by atoms with E-state index in [9.17, 15) is 24.9 Å². The number of carboxylic acid groups (broad SMARTS) is 2. The number of aliphatic hydroxyl groups is 1. The van der Waals surface area contributed by atoms with E-state index in [1.807, 2.05) is 52.0 Å². The first-order valence-electron chi connectivity index (χ1n) is 20.6. The molecule has 0 fully saturated rings. The minimum atomic E-state index is -0.906. The molecule has 5 heterocycles. The summed E-state index contributed by atoms with van der Waals surface area (Å²) in [5.41, 5.74) is 14.6. The number of carbonyl (C=O) groups is 2. The maximum absolute atomic E-state index is 11.9. The molecule has 10 heteroatoms. The molecule has 9 nitrogen and oxygen atoms in total. The Morgan fingerprint density at radius 1 is 0.763 bits per heavy atom. The minimum absolute atomic E-state index is 0. The van der Waals surface area contributed by atoms with E-state index >= 15 is 0 Å². The molecule has 8 bridgehead atoms. The van der Waals surface area contributed by atoms with E-state index in [2.05, 4.69) is 52.5 Å². The Morgan fingerprint density at radius 3 is 2.02 bits per heavy atom. The van der Waals surface area contributed by atoms with Crippen LogP contribution < -0.4 is 25.7 Å². The molecule has 0 aliphatic carbocycles. The topological polar surface area (TPSA) is 151 Å². The summed E-state index contributed by atoms with van der Waals surface area (Å²) in [5.74, 6) is -1.80. The number of hydrogen-bond donors (Lipinski definition) is 3. The largest absolute Gasteiger partial charge is 4.00 e. The monoisotopic (exact) mass is 840 g/mol. The van der Waals surface area contributed by atoms with Crippen LogP contribution in [0.2, 0.25) is 0 Å². The van der Waals surface area contributed by atoms with Gasteiger partial charge < -0.3 is 35.6 Å². The van der Waals surface area contributed by atoms with Crippen molar-refractivity contribution < 1.29 is 42.0 Å². The summed E-state index contributed by atoms with van der Waals surface area (Å²) in [7, 11) is 0. The van der Waals surface area contributed by atoms with Crippen LogP contribution in [0, 0.1) is 20.8 Å². The standard InChI is InChI=1S/C49H60N4O5.Fe/c1-10-35-31(6)40-26-45-49(46(54)19-13-18-30(5)17-12-16-29(4)15-11-14-28(2)3)34(9)41(53-45)24-38-32(7)36(20-22-47(55)56)43(51-38)27-44-37(21-23-48(57)58)33(8)39(52-44)25-42(35)50-40;/h10,14,16,18,24,26-27,39,46,54H,1,11-13,15,17,19-23,25H2,2-9H3,(H,55,56)(H,57,58);/q-4;+4/b29-16+,30-18+,41-24-,44-27-,45-26-;/t39?,46-;/m0./s1. The van der Waals surface area contributed by atoms with Gasteiger partial charge in [0, 0.05) is 12.8 Å². The molecule has 3 N–H and O–H groups in total. The number of allylic oxidation sites excluding steroid dienone is 7. The predicted octanol–water partition coefficient (Wildman–Crippen LogP) is 8.87. The van der Waals surface area contributed by atoms with Crippen molar-refractivity contribution in [2.75, 3.05) is 0 Å². The van der Waals surface area contributed by atoms with E-state index in [1.54, 1.807) is 0 Å². The molecule has 1 unspecified atom stereocenters. The Balaban J connectivity index is 0.00000769. The van der Waals surface area contributed by atoms with Crippen molar-refractivity contribution >= 4 is 36.2 Å². The van der Waals surface area contributed by atoms with Crippen LogP contribution in [0.3, 0.4) is 0 Å². The van der Waals surface area contributed by atoms with Crippen molar-refractivity contribution in [2.45, 2.75) is 138 Å². The van der Waals surface area contributed by atoms with Gasteiger partial charge in [0.15, 0.2) is 0 Å². The second-order valence-corrected chi connectivity index (χ2v) is 16.3. The molecule has 0 saturated heterocycles. The maximum atomic E-state index is 11.9. The van der Waals surface area contributed by atoms with Crippen molar-refractivity contribution in [2.24, 2.45) is 0 Å². The molecule has 3 aromatic heterocycles. The number of carboxylic acids is 2. The van der Waals surface area contributed by atoms with Crippen molar-refractivity contribution in [1.29, 1.82) is 0 Å². The van der Waals surface area contributed by atoms with Gasteiger partial charge in [-0.1, -0.05) is 112 Å². The Labute approximate surface area is 360 Å². The van der Waals surface area contributed by atoms with E-state index < -0.39 is 18.0 Å². The summed E-state index contributed by atoms with van der Waals surface area (Å²) in [5, 5.41) is 37.6. The molecule has 2 atom stereocenters. The Bertz CT molecular complexity index is 2340. The van der Waals surface area contributed by atoms with Crippen molar-refractivity contribution in [3.8, 4) is 0 Å². The predicted molar refractivity (Wildman–Crippen MR) is 234 cm³/mol. The fourth-order valence-corrected chi connectivity index (χ4v) is 8.09. The van der Waals surface area contributed by atoms with E-state index in [0.29, 0.717) is 47.0 Å². The van der Waals surface area contributed by atoms with Crippen LogP contribution >= 0.6 is 0 Å². The molecule has 314 valence electrons. The van der Waals surface area contributed by atoms with E-state index in [1.165, 1.54) is 16.7 Å². The molecule has 5 rings (SSSR count). The number of rotatable bonds is 17. The number of fused-ring (bicyclic) bond motifs is 8. The second kappa shape index (κ2) is 21.0. The van der Waals surface area contributed by atoms with Gasteiger partial charge in [0.1, 0.15) is 0 Å². The van der Waals surface area contributed by atoms with Crippen LogP contribution in [0.1, 0.15) is 155 Å². The summed E-state index contributed by atoms with van der Waals surface area (Å²) in [4.78, 5) is 38.7.